The highest BCUT2D eigenvalue weighted by Gasteiger charge is 2.19. The number of ether oxygens (including phenoxy) is 1. The quantitative estimate of drug-likeness (QED) is 0.807. The van der Waals surface area contributed by atoms with Gasteiger partial charge in [-0.3, -0.25) is 9.78 Å². The number of rotatable bonds is 3. The molecule has 3 nitrogen and oxygen atoms in total. The number of Topliss-reactive ketones (excluding diaryl/α,β-unsaturated/α-hetero) is 1. The third kappa shape index (κ3) is 2.47. The largest absolute Gasteiger partial charge is 0.493 e. The molecular weight excluding hydrogens is 262 g/mol. The predicted octanol–water partition coefficient (Wildman–Crippen LogP) is 3.10. The van der Waals surface area contributed by atoms with Gasteiger partial charge in [-0.25, -0.2) is 0 Å². The number of hydrogen-bond donors (Lipinski definition) is 0. The molecule has 1 aromatic heterocycles. The molecule has 0 radical (unpaired) electrons. The van der Waals surface area contributed by atoms with Gasteiger partial charge in [0, 0.05) is 41.4 Å². The number of benzene rings is 1. The van der Waals surface area contributed by atoms with Crippen LogP contribution in [0.5, 0.6) is 5.75 Å². The maximum atomic E-state index is 12.2. The topological polar surface area (TPSA) is 39.2 Å². The molecule has 4 heteroatoms. The minimum Gasteiger partial charge on any atom is -0.493 e. The zero-order valence-electron chi connectivity index (χ0n) is 10.2. The molecule has 0 fully saturated rings. The number of pyridine rings is 1. The van der Waals surface area contributed by atoms with E-state index in [0.717, 1.165) is 23.3 Å². The Kier molecular flexibility index (Phi) is 3.22. The molecule has 2 heterocycles. The number of aromatic nitrogens is 1. The van der Waals surface area contributed by atoms with Crippen LogP contribution in [-0.2, 0) is 12.8 Å². The first-order valence-electron chi connectivity index (χ1n) is 6.11. The van der Waals surface area contributed by atoms with Gasteiger partial charge in [0.15, 0.2) is 5.78 Å². The van der Waals surface area contributed by atoms with Crippen LogP contribution < -0.4 is 4.74 Å². The molecule has 0 N–H and O–H groups in total. The van der Waals surface area contributed by atoms with Gasteiger partial charge in [-0.15, -0.1) is 0 Å². The zero-order chi connectivity index (χ0) is 13.2. The molecule has 0 saturated heterocycles. The van der Waals surface area contributed by atoms with E-state index in [9.17, 15) is 4.79 Å². The average Bonchev–Trinajstić information content (AvgIpc) is 2.88. The van der Waals surface area contributed by atoms with Crippen molar-refractivity contribution in [1.29, 1.82) is 0 Å². The van der Waals surface area contributed by atoms with Crippen molar-refractivity contribution in [3.05, 3.63) is 58.4 Å². The fourth-order valence-corrected chi connectivity index (χ4v) is 2.55. The van der Waals surface area contributed by atoms with Crippen molar-refractivity contribution in [2.75, 3.05) is 6.61 Å². The lowest BCUT2D eigenvalue weighted by atomic mass is 10.0. The minimum absolute atomic E-state index is 0.0439. The van der Waals surface area contributed by atoms with Crippen LogP contribution in [0.25, 0.3) is 0 Å². The maximum Gasteiger partial charge on any atom is 0.167 e. The van der Waals surface area contributed by atoms with Gasteiger partial charge in [0.1, 0.15) is 5.75 Å². The van der Waals surface area contributed by atoms with Crippen molar-refractivity contribution in [2.24, 2.45) is 0 Å². The summed E-state index contributed by atoms with van der Waals surface area (Å²) in [6, 6.07) is 7.15. The molecule has 0 unspecified atom stereocenters. The molecule has 3 rings (SSSR count). The van der Waals surface area contributed by atoms with Gasteiger partial charge in [-0.1, -0.05) is 11.6 Å². The fraction of sp³-hybridized carbons (Fsp3) is 0.200. The van der Waals surface area contributed by atoms with Gasteiger partial charge in [0.2, 0.25) is 0 Å². The standard InChI is InChI=1S/C15H12ClNO2/c16-13-7-11-3-6-19-15(11)12(8-13)9-14(18)10-1-4-17-5-2-10/h1-2,4-5,7-8H,3,6,9H2. The lowest BCUT2D eigenvalue weighted by Gasteiger charge is -2.08. The number of nitrogens with zero attached hydrogens (tertiary/aromatic N) is 1. The second-order valence-corrected chi connectivity index (χ2v) is 4.92. The van der Waals surface area contributed by atoms with E-state index in [2.05, 4.69) is 4.98 Å². The van der Waals surface area contributed by atoms with Crippen LogP contribution in [0.15, 0.2) is 36.7 Å². The van der Waals surface area contributed by atoms with Crippen molar-refractivity contribution in [3.63, 3.8) is 0 Å². The lowest BCUT2D eigenvalue weighted by Crippen LogP contribution is -2.05. The number of fused-ring (bicyclic) bond motifs is 1. The number of halogens is 1. The van der Waals surface area contributed by atoms with Crippen LogP contribution in [0.1, 0.15) is 21.5 Å². The number of hydrogen-bond acceptors (Lipinski definition) is 3. The van der Waals surface area contributed by atoms with E-state index in [0.29, 0.717) is 23.6 Å². The Morgan fingerprint density at radius 2 is 2.11 bits per heavy atom. The van der Waals surface area contributed by atoms with Crippen LogP contribution in [0.2, 0.25) is 5.02 Å². The van der Waals surface area contributed by atoms with Crippen molar-refractivity contribution >= 4 is 17.4 Å². The molecule has 19 heavy (non-hydrogen) atoms. The summed E-state index contributed by atoms with van der Waals surface area (Å²) in [7, 11) is 0. The van der Waals surface area contributed by atoms with Crippen LogP contribution in [0.4, 0.5) is 0 Å². The van der Waals surface area contributed by atoms with E-state index in [1.165, 1.54) is 0 Å². The van der Waals surface area contributed by atoms with Crippen LogP contribution >= 0.6 is 11.6 Å². The summed E-state index contributed by atoms with van der Waals surface area (Å²) in [6.45, 7) is 0.659. The third-order valence-electron chi connectivity index (χ3n) is 3.18. The van der Waals surface area contributed by atoms with E-state index in [1.807, 2.05) is 12.1 Å². The molecule has 0 aliphatic carbocycles. The molecule has 0 atom stereocenters. The smallest absolute Gasteiger partial charge is 0.167 e. The van der Waals surface area contributed by atoms with Crippen molar-refractivity contribution < 1.29 is 9.53 Å². The summed E-state index contributed by atoms with van der Waals surface area (Å²) in [6.07, 6.45) is 4.39. The SMILES string of the molecule is O=C(Cc1cc(Cl)cc2c1OCC2)c1ccncc1. The van der Waals surface area contributed by atoms with Gasteiger partial charge >= 0.3 is 0 Å². The van der Waals surface area contributed by atoms with Crippen LogP contribution in [-0.4, -0.2) is 17.4 Å². The highest BCUT2D eigenvalue weighted by molar-refractivity contribution is 6.30. The number of carbonyl (C=O) groups is 1. The van der Waals surface area contributed by atoms with E-state index < -0.39 is 0 Å². The Hall–Kier alpha value is -1.87. The average molecular weight is 274 g/mol. The van der Waals surface area contributed by atoms with Crippen molar-refractivity contribution in [3.8, 4) is 5.75 Å². The van der Waals surface area contributed by atoms with Gasteiger partial charge in [-0.05, 0) is 29.8 Å². The second kappa shape index (κ2) is 5.02. The molecule has 0 spiro atoms. The minimum atomic E-state index is 0.0439. The molecule has 96 valence electrons. The van der Waals surface area contributed by atoms with Gasteiger partial charge in [0.05, 0.1) is 6.61 Å². The first-order valence-corrected chi connectivity index (χ1v) is 6.49. The third-order valence-corrected chi connectivity index (χ3v) is 3.40. The molecule has 0 amide bonds. The van der Waals surface area contributed by atoms with Crippen molar-refractivity contribution in [2.45, 2.75) is 12.8 Å². The van der Waals surface area contributed by atoms with E-state index in [4.69, 9.17) is 16.3 Å². The first kappa shape index (κ1) is 12.2. The molecule has 2 aromatic rings. The van der Waals surface area contributed by atoms with E-state index in [-0.39, 0.29) is 5.78 Å². The van der Waals surface area contributed by atoms with Gasteiger partial charge < -0.3 is 4.74 Å². The molecule has 1 aliphatic rings. The van der Waals surface area contributed by atoms with Gasteiger partial charge in [0.25, 0.3) is 0 Å². The molecule has 0 bridgehead atoms. The Morgan fingerprint density at radius 3 is 2.89 bits per heavy atom. The Balaban J connectivity index is 1.90. The highest BCUT2D eigenvalue weighted by Crippen LogP contribution is 2.33. The van der Waals surface area contributed by atoms with E-state index in [1.54, 1.807) is 24.5 Å². The number of ketones is 1. The number of carbonyl (C=O) groups excluding carboxylic acids is 1. The summed E-state index contributed by atoms with van der Waals surface area (Å²) in [5, 5.41) is 0.654. The van der Waals surface area contributed by atoms with E-state index >= 15 is 0 Å². The fourth-order valence-electron chi connectivity index (χ4n) is 2.29. The Morgan fingerprint density at radius 1 is 1.32 bits per heavy atom. The molecule has 0 saturated carbocycles. The van der Waals surface area contributed by atoms with Crippen molar-refractivity contribution in [1.82, 2.24) is 4.98 Å². The lowest BCUT2D eigenvalue weighted by molar-refractivity contribution is 0.0992. The maximum absolute atomic E-state index is 12.2. The monoisotopic (exact) mass is 273 g/mol. The van der Waals surface area contributed by atoms with Crippen LogP contribution in [0, 0.1) is 0 Å². The first-order chi connectivity index (χ1) is 9.24. The Bertz CT molecular complexity index is 626. The highest BCUT2D eigenvalue weighted by atomic mass is 35.5. The summed E-state index contributed by atoms with van der Waals surface area (Å²) in [4.78, 5) is 16.1. The summed E-state index contributed by atoms with van der Waals surface area (Å²) < 4.78 is 5.60. The second-order valence-electron chi connectivity index (χ2n) is 4.49. The summed E-state index contributed by atoms with van der Waals surface area (Å²) in [5.74, 6) is 0.870. The molecule has 1 aliphatic heterocycles. The van der Waals surface area contributed by atoms with Crippen LogP contribution in [0.3, 0.4) is 0 Å². The van der Waals surface area contributed by atoms with Gasteiger partial charge in [-0.2, -0.15) is 0 Å². The predicted molar refractivity (Wildman–Crippen MR) is 72.9 cm³/mol. The zero-order valence-corrected chi connectivity index (χ0v) is 11.0. The Labute approximate surface area is 116 Å². The normalized spacial score (nSPS) is 12.9. The summed E-state index contributed by atoms with van der Waals surface area (Å²) >= 11 is 6.08. The molecular formula is C15H12ClNO2. The summed E-state index contributed by atoms with van der Waals surface area (Å²) in [5.41, 5.74) is 2.61. The molecule has 1 aromatic carbocycles.